The number of nitrogens with zero attached hydrogens (tertiary/aromatic N) is 1. The molecule has 0 atom stereocenters. The number of hydrogen-bond donors (Lipinski definition) is 0. The van der Waals surface area contributed by atoms with E-state index in [0.717, 1.165) is 0 Å². The predicted octanol–water partition coefficient (Wildman–Crippen LogP) is 2.68. The molecule has 0 aliphatic heterocycles. The Kier molecular flexibility index (Phi) is 3.06. The van der Waals surface area contributed by atoms with E-state index in [0.29, 0.717) is 16.4 Å². The number of carbonyl (C=O) groups excluding carboxylic acids is 1. The first-order chi connectivity index (χ1) is 5.65. The first kappa shape index (κ1) is 9.49. The molecule has 1 aromatic rings. The van der Waals surface area contributed by atoms with Gasteiger partial charge in [0.25, 0.3) is 0 Å². The zero-order valence-corrected chi connectivity index (χ0v) is 7.99. The topological polar surface area (TPSA) is 30.0 Å². The normalized spacial score (nSPS) is 9.92. The van der Waals surface area contributed by atoms with Crippen LogP contribution >= 0.6 is 23.2 Å². The molecule has 0 N–H and O–H groups in total. The molecule has 0 spiro atoms. The Morgan fingerprint density at radius 1 is 1.58 bits per heavy atom. The van der Waals surface area contributed by atoms with Crippen LogP contribution in [0.1, 0.15) is 23.0 Å². The molecular formula is C8H7Cl2NO. The number of halogens is 2. The van der Waals surface area contributed by atoms with Crippen LogP contribution in [0, 0.1) is 0 Å². The monoisotopic (exact) mass is 203 g/mol. The predicted molar refractivity (Wildman–Crippen MR) is 48.8 cm³/mol. The highest BCUT2D eigenvalue weighted by molar-refractivity contribution is 6.29. The van der Waals surface area contributed by atoms with E-state index in [2.05, 4.69) is 4.98 Å². The van der Waals surface area contributed by atoms with Crippen molar-refractivity contribution in [2.45, 2.75) is 12.8 Å². The second-order valence-corrected chi connectivity index (χ2v) is 2.97. The van der Waals surface area contributed by atoms with Crippen LogP contribution in [-0.4, -0.2) is 10.8 Å². The third kappa shape index (κ3) is 1.96. The molecule has 12 heavy (non-hydrogen) atoms. The molecule has 4 heteroatoms. The number of aromatic nitrogens is 1. The smallest absolute Gasteiger partial charge is 0.161 e. The van der Waals surface area contributed by atoms with E-state index in [-0.39, 0.29) is 11.7 Å². The van der Waals surface area contributed by atoms with Gasteiger partial charge in [-0.2, -0.15) is 0 Å². The van der Waals surface area contributed by atoms with Gasteiger partial charge in [-0.3, -0.25) is 4.79 Å². The molecule has 0 fully saturated rings. The highest BCUT2D eigenvalue weighted by Gasteiger charge is 2.07. The molecule has 1 rings (SSSR count). The maximum atomic E-state index is 11.0. The van der Waals surface area contributed by atoms with E-state index in [9.17, 15) is 4.79 Å². The Hall–Kier alpha value is -0.600. The van der Waals surface area contributed by atoms with Gasteiger partial charge in [0.15, 0.2) is 5.78 Å². The van der Waals surface area contributed by atoms with Crippen LogP contribution in [0.15, 0.2) is 12.1 Å². The summed E-state index contributed by atoms with van der Waals surface area (Å²) in [6, 6.07) is 3.21. The number of hydrogen-bond acceptors (Lipinski definition) is 2. The molecule has 0 aliphatic rings. The largest absolute Gasteiger partial charge is 0.294 e. The summed E-state index contributed by atoms with van der Waals surface area (Å²) < 4.78 is 0. The summed E-state index contributed by atoms with van der Waals surface area (Å²) in [4.78, 5) is 14.9. The van der Waals surface area contributed by atoms with Crippen molar-refractivity contribution in [2.75, 3.05) is 0 Å². The van der Waals surface area contributed by atoms with Crippen LogP contribution in [0.25, 0.3) is 0 Å². The molecule has 0 aromatic carbocycles. The first-order valence-corrected chi connectivity index (χ1v) is 4.28. The lowest BCUT2D eigenvalue weighted by molar-refractivity contribution is 0.101. The van der Waals surface area contributed by atoms with Crippen molar-refractivity contribution in [1.29, 1.82) is 0 Å². The highest BCUT2D eigenvalue weighted by atomic mass is 35.5. The van der Waals surface area contributed by atoms with Gasteiger partial charge in [-0.15, -0.1) is 11.6 Å². The van der Waals surface area contributed by atoms with Crippen LogP contribution < -0.4 is 0 Å². The van der Waals surface area contributed by atoms with Crippen molar-refractivity contribution in [3.8, 4) is 0 Å². The Balaban J connectivity index is 3.20. The fourth-order valence-electron chi connectivity index (χ4n) is 0.897. The summed E-state index contributed by atoms with van der Waals surface area (Å²) in [6.07, 6.45) is 0. The van der Waals surface area contributed by atoms with E-state index in [1.807, 2.05) is 0 Å². The van der Waals surface area contributed by atoms with E-state index >= 15 is 0 Å². The SMILES string of the molecule is CC(=O)c1ccc(Cl)nc1CCl. The van der Waals surface area contributed by atoms with Crippen molar-refractivity contribution in [3.63, 3.8) is 0 Å². The minimum Gasteiger partial charge on any atom is -0.294 e. The average molecular weight is 204 g/mol. The van der Waals surface area contributed by atoms with Gasteiger partial charge in [0.1, 0.15) is 5.15 Å². The van der Waals surface area contributed by atoms with Gasteiger partial charge in [-0.25, -0.2) is 4.98 Å². The molecule has 0 unspecified atom stereocenters. The quantitative estimate of drug-likeness (QED) is 0.421. The summed E-state index contributed by atoms with van der Waals surface area (Å²) >= 11 is 11.2. The fourth-order valence-corrected chi connectivity index (χ4v) is 1.27. The number of pyridine rings is 1. The molecule has 0 saturated heterocycles. The van der Waals surface area contributed by atoms with Gasteiger partial charge in [-0.05, 0) is 19.1 Å². The zero-order valence-electron chi connectivity index (χ0n) is 6.47. The van der Waals surface area contributed by atoms with Crippen molar-refractivity contribution in [2.24, 2.45) is 0 Å². The molecule has 0 aliphatic carbocycles. The molecule has 0 radical (unpaired) electrons. The fraction of sp³-hybridized carbons (Fsp3) is 0.250. The molecule has 1 aromatic heterocycles. The molecule has 2 nitrogen and oxygen atoms in total. The lowest BCUT2D eigenvalue weighted by atomic mass is 10.1. The van der Waals surface area contributed by atoms with Gasteiger partial charge in [0, 0.05) is 5.56 Å². The Labute approximate surface area is 80.5 Å². The van der Waals surface area contributed by atoms with Crippen LogP contribution in [-0.2, 0) is 5.88 Å². The van der Waals surface area contributed by atoms with Crippen molar-refractivity contribution in [3.05, 3.63) is 28.5 Å². The molecule has 0 bridgehead atoms. The second kappa shape index (κ2) is 3.87. The first-order valence-electron chi connectivity index (χ1n) is 3.37. The molecule has 0 amide bonds. The second-order valence-electron chi connectivity index (χ2n) is 2.32. The minimum absolute atomic E-state index is 0.0465. The van der Waals surface area contributed by atoms with Crippen molar-refractivity contribution < 1.29 is 4.79 Å². The van der Waals surface area contributed by atoms with Crippen molar-refractivity contribution >= 4 is 29.0 Å². The zero-order chi connectivity index (χ0) is 9.14. The Morgan fingerprint density at radius 2 is 2.25 bits per heavy atom. The summed E-state index contributed by atoms with van der Waals surface area (Å²) in [7, 11) is 0. The van der Waals surface area contributed by atoms with Gasteiger partial charge in [0.2, 0.25) is 0 Å². The van der Waals surface area contributed by atoms with Crippen LogP contribution in [0.4, 0.5) is 0 Å². The Morgan fingerprint density at radius 3 is 2.75 bits per heavy atom. The maximum absolute atomic E-state index is 11.0. The summed E-state index contributed by atoms with van der Waals surface area (Å²) in [5.74, 6) is 0.157. The van der Waals surface area contributed by atoms with Crippen molar-refractivity contribution in [1.82, 2.24) is 4.98 Å². The van der Waals surface area contributed by atoms with Gasteiger partial charge in [-0.1, -0.05) is 11.6 Å². The number of ketones is 1. The Bertz CT molecular complexity index is 312. The third-order valence-electron chi connectivity index (χ3n) is 1.45. The number of alkyl halides is 1. The van der Waals surface area contributed by atoms with E-state index in [1.54, 1.807) is 12.1 Å². The number of rotatable bonds is 2. The summed E-state index contributed by atoms with van der Waals surface area (Å²) in [5.41, 5.74) is 1.08. The lowest BCUT2D eigenvalue weighted by Gasteiger charge is -2.01. The summed E-state index contributed by atoms with van der Waals surface area (Å²) in [6.45, 7) is 1.47. The molecule has 0 saturated carbocycles. The van der Waals surface area contributed by atoms with Crippen LogP contribution in [0.3, 0.4) is 0 Å². The van der Waals surface area contributed by atoms with Gasteiger partial charge in [0.05, 0.1) is 11.6 Å². The number of Topliss-reactive ketones (excluding diaryl/α,β-unsaturated/α-hetero) is 1. The van der Waals surface area contributed by atoms with Gasteiger partial charge >= 0.3 is 0 Å². The molecular weight excluding hydrogens is 197 g/mol. The lowest BCUT2D eigenvalue weighted by Crippen LogP contribution is -2.00. The number of carbonyl (C=O) groups is 1. The van der Waals surface area contributed by atoms with E-state index < -0.39 is 0 Å². The summed E-state index contributed by atoms with van der Waals surface area (Å²) in [5, 5.41) is 0.357. The maximum Gasteiger partial charge on any atom is 0.161 e. The average Bonchev–Trinajstić information content (AvgIpc) is 2.03. The van der Waals surface area contributed by atoms with Crippen LogP contribution in [0.5, 0.6) is 0 Å². The third-order valence-corrected chi connectivity index (χ3v) is 1.91. The van der Waals surface area contributed by atoms with E-state index in [1.165, 1.54) is 6.92 Å². The van der Waals surface area contributed by atoms with E-state index in [4.69, 9.17) is 23.2 Å². The molecule has 1 heterocycles. The minimum atomic E-state index is -0.0465. The highest BCUT2D eigenvalue weighted by Crippen LogP contribution is 2.13. The molecule has 64 valence electrons. The standard InChI is InChI=1S/C8H7Cl2NO/c1-5(12)6-2-3-8(10)11-7(6)4-9/h2-3H,4H2,1H3. The van der Waals surface area contributed by atoms with Gasteiger partial charge < -0.3 is 0 Å². The van der Waals surface area contributed by atoms with Crippen LogP contribution in [0.2, 0.25) is 5.15 Å².